The van der Waals surface area contributed by atoms with E-state index in [1.165, 1.54) is 0 Å². The Hall–Kier alpha value is -2.97. The number of anilines is 1. The van der Waals surface area contributed by atoms with Gasteiger partial charge in [0.1, 0.15) is 6.10 Å². The Balaban J connectivity index is 1.49. The minimum Gasteiger partial charge on any atom is -0.446 e. The molecule has 0 aromatic carbocycles. The van der Waals surface area contributed by atoms with Crippen molar-refractivity contribution in [3.63, 3.8) is 0 Å². The fourth-order valence-corrected chi connectivity index (χ4v) is 3.29. The van der Waals surface area contributed by atoms with Gasteiger partial charge < -0.3 is 15.4 Å². The fraction of sp³-hybridized carbons (Fsp3) is 0.550. The molecule has 1 aliphatic carbocycles. The number of nitrogens with zero attached hydrogens (tertiary/aromatic N) is 3. The van der Waals surface area contributed by atoms with Crippen LogP contribution in [0.5, 0.6) is 0 Å². The summed E-state index contributed by atoms with van der Waals surface area (Å²) in [5, 5.41) is 12.8. The number of hydrogen-bond acceptors (Lipinski definition) is 6. The first-order valence-corrected chi connectivity index (χ1v) is 9.79. The molecule has 9 nitrogen and oxygen atoms in total. The molecule has 0 spiro atoms. The summed E-state index contributed by atoms with van der Waals surface area (Å²) in [6.07, 6.45) is 5.28. The predicted octanol–water partition coefficient (Wildman–Crippen LogP) is 2.85. The SMILES string of the molecule is Cc1cnc(CC(=O)Nc2cc(C3CCC(OC(=O)NC(C)(C)C)C3)[nH]n2)cn1. The van der Waals surface area contributed by atoms with Gasteiger partial charge in [0.15, 0.2) is 5.82 Å². The number of carbonyl (C=O) groups excluding carboxylic acids is 2. The van der Waals surface area contributed by atoms with E-state index in [1.54, 1.807) is 12.4 Å². The smallest absolute Gasteiger partial charge is 0.407 e. The molecular weight excluding hydrogens is 372 g/mol. The molecule has 0 radical (unpaired) electrons. The average Bonchev–Trinajstić information content (AvgIpc) is 3.24. The van der Waals surface area contributed by atoms with E-state index in [-0.39, 0.29) is 36.0 Å². The van der Waals surface area contributed by atoms with Crippen LogP contribution in [-0.4, -0.2) is 43.8 Å². The lowest BCUT2D eigenvalue weighted by atomic mass is 10.0. The van der Waals surface area contributed by atoms with Crippen molar-refractivity contribution in [2.75, 3.05) is 5.32 Å². The highest BCUT2D eigenvalue weighted by Gasteiger charge is 2.30. The molecular formula is C20H28N6O3. The highest BCUT2D eigenvalue weighted by atomic mass is 16.6. The van der Waals surface area contributed by atoms with E-state index < -0.39 is 0 Å². The second-order valence-electron chi connectivity index (χ2n) is 8.49. The number of H-pyrrole nitrogens is 1. The third-order valence-electron chi connectivity index (χ3n) is 4.62. The molecule has 0 aliphatic heterocycles. The van der Waals surface area contributed by atoms with Crippen molar-refractivity contribution in [3.05, 3.63) is 35.5 Å². The number of rotatable bonds is 5. The first kappa shape index (κ1) is 20.8. The molecule has 3 N–H and O–H groups in total. The number of nitrogens with one attached hydrogen (secondary N) is 3. The van der Waals surface area contributed by atoms with Crippen LogP contribution in [-0.2, 0) is 16.0 Å². The maximum absolute atomic E-state index is 12.2. The van der Waals surface area contributed by atoms with Crippen LogP contribution in [0.2, 0.25) is 0 Å². The standard InChI is InChI=1S/C20H28N6O3/c1-12-10-22-14(11-21-12)8-18(27)23-17-9-16(25-26-17)13-5-6-15(7-13)29-19(28)24-20(2,3)4/h9-11,13,15H,5-8H2,1-4H3,(H,24,28)(H2,23,25,26,27). The van der Waals surface area contributed by atoms with E-state index in [2.05, 4.69) is 30.8 Å². The number of ether oxygens (including phenoxy) is 1. The van der Waals surface area contributed by atoms with E-state index in [0.717, 1.165) is 30.7 Å². The second kappa shape index (κ2) is 8.59. The van der Waals surface area contributed by atoms with Crippen molar-refractivity contribution in [2.24, 2.45) is 0 Å². The summed E-state index contributed by atoms with van der Waals surface area (Å²) in [6, 6.07) is 1.83. The summed E-state index contributed by atoms with van der Waals surface area (Å²) >= 11 is 0. The lowest BCUT2D eigenvalue weighted by Crippen LogP contribution is -2.42. The third kappa shape index (κ3) is 6.27. The van der Waals surface area contributed by atoms with E-state index in [1.807, 2.05) is 33.8 Å². The van der Waals surface area contributed by atoms with Gasteiger partial charge in [0.25, 0.3) is 0 Å². The highest BCUT2D eigenvalue weighted by Crippen LogP contribution is 2.35. The van der Waals surface area contributed by atoms with Gasteiger partial charge in [-0.2, -0.15) is 5.10 Å². The minimum absolute atomic E-state index is 0.121. The topological polar surface area (TPSA) is 122 Å². The van der Waals surface area contributed by atoms with Gasteiger partial charge in [-0.15, -0.1) is 0 Å². The van der Waals surface area contributed by atoms with Gasteiger partial charge in [0.05, 0.1) is 17.8 Å². The molecule has 2 aromatic rings. The number of carbonyl (C=O) groups is 2. The van der Waals surface area contributed by atoms with Gasteiger partial charge in [-0.1, -0.05) is 0 Å². The van der Waals surface area contributed by atoms with Gasteiger partial charge in [0, 0.05) is 35.6 Å². The largest absolute Gasteiger partial charge is 0.446 e. The van der Waals surface area contributed by atoms with Crippen LogP contribution >= 0.6 is 0 Å². The molecule has 1 saturated carbocycles. The molecule has 2 aromatic heterocycles. The molecule has 2 amide bonds. The van der Waals surface area contributed by atoms with Crippen LogP contribution in [0.15, 0.2) is 18.5 Å². The van der Waals surface area contributed by atoms with E-state index in [9.17, 15) is 9.59 Å². The number of aryl methyl sites for hydroxylation is 1. The molecule has 29 heavy (non-hydrogen) atoms. The summed E-state index contributed by atoms with van der Waals surface area (Å²) in [4.78, 5) is 32.5. The van der Waals surface area contributed by atoms with Gasteiger partial charge in [0.2, 0.25) is 5.91 Å². The number of alkyl carbamates (subject to hydrolysis) is 1. The highest BCUT2D eigenvalue weighted by molar-refractivity contribution is 5.91. The molecule has 3 rings (SSSR count). The Morgan fingerprint density at radius 2 is 2.03 bits per heavy atom. The van der Waals surface area contributed by atoms with Crippen LogP contribution in [0, 0.1) is 6.92 Å². The van der Waals surface area contributed by atoms with Crippen molar-refractivity contribution in [1.29, 1.82) is 0 Å². The van der Waals surface area contributed by atoms with Gasteiger partial charge in [-0.05, 0) is 47.0 Å². The summed E-state index contributed by atoms with van der Waals surface area (Å²) < 4.78 is 5.52. The molecule has 2 unspecified atom stereocenters. The Bertz CT molecular complexity index is 856. The van der Waals surface area contributed by atoms with Gasteiger partial charge in [-0.25, -0.2) is 4.79 Å². The lowest BCUT2D eigenvalue weighted by molar-refractivity contribution is -0.115. The zero-order valence-electron chi connectivity index (χ0n) is 17.3. The zero-order chi connectivity index (χ0) is 21.0. The molecule has 2 atom stereocenters. The van der Waals surface area contributed by atoms with Crippen LogP contribution in [0.3, 0.4) is 0 Å². The van der Waals surface area contributed by atoms with Crippen LogP contribution in [0.1, 0.15) is 63.0 Å². The Kier molecular flexibility index (Phi) is 6.14. The number of amides is 2. The molecule has 2 heterocycles. The molecule has 1 fully saturated rings. The van der Waals surface area contributed by atoms with E-state index >= 15 is 0 Å². The molecule has 156 valence electrons. The number of aromatic nitrogens is 4. The Morgan fingerprint density at radius 1 is 1.24 bits per heavy atom. The average molecular weight is 400 g/mol. The van der Waals surface area contributed by atoms with Crippen molar-refractivity contribution in [3.8, 4) is 0 Å². The van der Waals surface area contributed by atoms with E-state index in [4.69, 9.17) is 4.74 Å². The lowest BCUT2D eigenvalue weighted by Gasteiger charge is -2.22. The van der Waals surface area contributed by atoms with Crippen LogP contribution in [0.4, 0.5) is 10.6 Å². The van der Waals surface area contributed by atoms with Crippen LogP contribution in [0.25, 0.3) is 0 Å². The van der Waals surface area contributed by atoms with Crippen LogP contribution < -0.4 is 10.6 Å². The second-order valence-corrected chi connectivity index (χ2v) is 8.49. The Morgan fingerprint density at radius 3 is 2.72 bits per heavy atom. The summed E-state index contributed by atoms with van der Waals surface area (Å²) in [6.45, 7) is 7.59. The Labute approximate surface area is 170 Å². The first-order valence-electron chi connectivity index (χ1n) is 9.79. The van der Waals surface area contributed by atoms with Crippen molar-refractivity contribution < 1.29 is 14.3 Å². The summed E-state index contributed by atoms with van der Waals surface area (Å²) in [5.41, 5.74) is 2.02. The summed E-state index contributed by atoms with van der Waals surface area (Å²) in [7, 11) is 0. The molecule has 0 saturated heterocycles. The quantitative estimate of drug-likeness (QED) is 0.709. The van der Waals surface area contributed by atoms with E-state index in [0.29, 0.717) is 11.5 Å². The predicted molar refractivity (Wildman–Crippen MR) is 107 cm³/mol. The first-order chi connectivity index (χ1) is 13.7. The van der Waals surface area contributed by atoms with Gasteiger partial charge >= 0.3 is 6.09 Å². The van der Waals surface area contributed by atoms with Crippen molar-refractivity contribution in [2.45, 2.75) is 70.9 Å². The monoisotopic (exact) mass is 400 g/mol. The molecule has 1 aliphatic rings. The maximum Gasteiger partial charge on any atom is 0.407 e. The third-order valence-corrected chi connectivity index (χ3v) is 4.62. The fourth-order valence-electron chi connectivity index (χ4n) is 3.29. The maximum atomic E-state index is 12.2. The molecule has 9 heteroatoms. The number of hydrogen-bond donors (Lipinski definition) is 3. The van der Waals surface area contributed by atoms with Crippen molar-refractivity contribution in [1.82, 2.24) is 25.5 Å². The number of aromatic amines is 1. The summed E-state index contributed by atoms with van der Waals surface area (Å²) in [5.74, 6) is 0.483. The minimum atomic E-state index is -0.389. The normalized spacial score (nSPS) is 19.0. The molecule has 0 bridgehead atoms. The van der Waals surface area contributed by atoms with Crippen molar-refractivity contribution >= 4 is 17.8 Å². The van der Waals surface area contributed by atoms with Gasteiger partial charge in [-0.3, -0.25) is 19.9 Å². The zero-order valence-corrected chi connectivity index (χ0v) is 17.3.